The number of carbonyl (C=O) groups is 1. The third kappa shape index (κ3) is 4.52. The molecule has 0 bridgehead atoms. The van der Waals surface area contributed by atoms with Gasteiger partial charge in [-0.15, -0.1) is 0 Å². The predicted molar refractivity (Wildman–Crippen MR) is 88.6 cm³/mol. The fourth-order valence-electron chi connectivity index (χ4n) is 3.09. The van der Waals surface area contributed by atoms with Crippen LogP contribution < -0.4 is 5.32 Å². The lowest BCUT2D eigenvalue weighted by atomic mass is 9.93. The maximum absolute atomic E-state index is 14.2. The molecule has 0 saturated carbocycles. The highest BCUT2D eigenvalue weighted by Gasteiger charge is 2.30. The van der Waals surface area contributed by atoms with Gasteiger partial charge in [0, 0.05) is 19.2 Å². The zero-order valence-corrected chi connectivity index (χ0v) is 14.3. The first-order valence-corrected chi connectivity index (χ1v) is 8.21. The molecule has 0 radical (unpaired) electrons. The summed E-state index contributed by atoms with van der Waals surface area (Å²) in [5.74, 6) is -0.283. The minimum absolute atomic E-state index is 0.0695. The van der Waals surface area contributed by atoms with Crippen LogP contribution in [-0.2, 0) is 9.53 Å². The van der Waals surface area contributed by atoms with Crippen molar-refractivity contribution >= 4 is 5.91 Å². The number of benzene rings is 1. The van der Waals surface area contributed by atoms with Crippen molar-refractivity contribution < 1.29 is 13.9 Å². The number of hydrogen-bond acceptors (Lipinski definition) is 3. The number of ether oxygens (including phenoxy) is 1. The van der Waals surface area contributed by atoms with E-state index in [2.05, 4.69) is 10.2 Å². The lowest BCUT2D eigenvalue weighted by Crippen LogP contribution is -2.44. The van der Waals surface area contributed by atoms with Crippen molar-refractivity contribution in [1.82, 2.24) is 10.2 Å². The molecule has 1 heterocycles. The summed E-state index contributed by atoms with van der Waals surface area (Å²) in [6.07, 6.45) is 2.24. The van der Waals surface area contributed by atoms with E-state index in [-0.39, 0.29) is 17.8 Å². The van der Waals surface area contributed by atoms with Crippen molar-refractivity contribution in [2.75, 3.05) is 33.4 Å². The van der Waals surface area contributed by atoms with Crippen LogP contribution in [0.5, 0.6) is 0 Å². The van der Waals surface area contributed by atoms with E-state index in [9.17, 15) is 9.18 Å². The molecule has 1 aromatic rings. The van der Waals surface area contributed by atoms with Crippen LogP contribution in [0.25, 0.3) is 0 Å². The monoisotopic (exact) mass is 322 g/mol. The Balaban J connectivity index is 2.10. The smallest absolute Gasteiger partial charge is 0.228 e. The molecular formula is C18H27FN2O2. The summed E-state index contributed by atoms with van der Waals surface area (Å²) in [7, 11) is 1.58. The van der Waals surface area contributed by atoms with Crippen molar-refractivity contribution in [2.45, 2.75) is 32.7 Å². The topological polar surface area (TPSA) is 41.6 Å². The minimum atomic E-state index is -0.598. The molecule has 1 atom stereocenters. The number of amides is 1. The van der Waals surface area contributed by atoms with Gasteiger partial charge in [0.05, 0.1) is 18.1 Å². The van der Waals surface area contributed by atoms with Gasteiger partial charge in [-0.3, -0.25) is 9.69 Å². The van der Waals surface area contributed by atoms with Crippen LogP contribution >= 0.6 is 0 Å². The molecule has 2 rings (SSSR count). The van der Waals surface area contributed by atoms with Gasteiger partial charge in [-0.05, 0) is 45.8 Å². The van der Waals surface area contributed by atoms with Crippen molar-refractivity contribution in [3.63, 3.8) is 0 Å². The Hall–Kier alpha value is -1.46. The summed E-state index contributed by atoms with van der Waals surface area (Å²) in [4.78, 5) is 14.6. The molecule has 1 saturated heterocycles. The molecular weight excluding hydrogens is 295 g/mol. The Labute approximate surface area is 138 Å². The highest BCUT2D eigenvalue weighted by Crippen LogP contribution is 2.27. The molecule has 0 spiro atoms. The molecule has 1 aliphatic rings. The number of nitrogens with zero attached hydrogens (tertiary/aromatic N) is 1. The summed E-state index contributed by atoms with van der Waals surface area (Å²) in [5, 5.41) is 2.98. The molecule has 1 aromatic carbocycles. The van der Waals surface area contributed by atoms with Crippen molar-refractivity contribution in [3.05, 3.63) is 35.6 Å². The Kier molecular flexibility index (Phi) is 6.13. The van der Waals surface area contributed by atoms with E-state index in [0.29, 0.717) is 18.7 Å². The first-order chi connectivity index (χ1) is 11.0. The zero-order chi connectivity index (χ0) is 16.9. The van der Waals surface area contributed by atoms with Gasteiger partial charge in [0.1, 0.15) is 5.82 Å². The second kappa shape index (κ2) is 7.88. The van der Waals surface area contributed by atoms with Gasteiger partial charge in [-0.25, -0.2) is 4.39 Å². The molecule has 23 heavy (non-hydrogen) atoms. The van der Waals surface area contributed by atoms with E-state index in [1.807, 2.05) is 26.0 Å². The van der Waals surface area contributed by atoms with E-state index in [0.717, 1.165) is 25.9 Å². The van der Waals surface area contributed by atoms with E-state index in [4.69, 9.17) is 4.74 Å². The van der Waals surface area contributed by atoms with Crippen LogP contribution in [0, 0.1) is 11.2 Å². The van der Waals surface area contributed by atoms with Crippen molar-refractivity contribution in [1.29, 1.82) is 0 Å². The van der Waals surface area contributed by atoms with Crippen LogP contribution in [0.2, 0.25) is 0 Å². The fraction of sp³-hybridized carbons (Fsp3) is 0.611. The van der Waals surface area contributed by atoms with Gasteiger partial charge in [-0.1, -0.05) is 18.2 Å². The largest absolute Gasteiger partial charge is 0.384 e. The lowest BCUT2D eigenvalue weighted by Gasteiger charge is -2.30. The Bertz CT molecular complexity index is 528. The van der Waals surface area contributed by atoms with E-state index < -0.39 is 5.41 Å². The molecule has 1 fully saturated rings. The van der Waals surface area contributed by atoms with Crippen molar-refractivity contribution in [2.24, 2.45) is 5.41 Å². The third-order valence-corrected chi connectivity index (χ3v) is 4.42. The number of likely N-dealkylation sites (tertiary alicyclic amines) is 1. The van der Waals surface area contributed by atoms with Gasteiger partial charge in [0.2, 0.25) is 5.91 Å². The number of methoxy groups -OCH3 is 1. The average Bonchev–Trinajstić information content (AvgIpc) is 3.03. The quantitative estimate of drug-likeness (QED) is 0.839. The number of nitrogens with one attached hydrogen (secondary N) is 1. The van der Waals surface area contributed by atoms with Crippen LogP contribution in [0.3, 0.4) is 0 Å². The first-order valence-electron chi connectivity index (χ1n) is 8.21. The van der Waals surface area contributed by atoms with E-state index >= 15 is 0 Å². The second-order valence-corrected chi connectivity index (χ2v) is 6.81. The molecule has 1 amide bonds. The normalized spacial score (nSPS) is 17.2. The molecule has 0 aromatic heterocycles. The minimum Gasteiger partial charge on any atom is -0.384 e. The maximum Gasteiger partial charge on any atom is 0.228 e. The highest BCUT2D eigenvalue weighted by atomic mass is 19.1. The van der Waals surface area contributed by atoms with Gasteiger partial charge < -0.3 is 10.1 Å². The number of hydrogen-bond donors (Lipinski definition) is 1. The summed E-state index contributed by atoms with van der Waals surface area (Å²) in [6, 6.07) is 6.71. The van der Waals surface area contributed by atoms with Crippen LogP contribution in [0.1, 0.15) is 38.3 Å². The molecule has 4 nitrogen and oxygen atoms in total. The third-order valence-electron chi connectivity index (χ3n) is 4.42. The van der Waals surface area contributed by atoms with E-state index in [1.165, 1.54) is 6.07 Å². The zero-order valence-electron chi connectivity index (χ0n) is 14.3. The molecule has 128 valence electrons. The molecule has 1 aliphatic heterocycles. The Morgan fingerprint density at radius 1 is 1.35 bits per heavy atom. The standard InChI is InChI=1S/C18H27FN2O2/c1-18(2,13-23-3)17(22)20-12-16(21-10-6-7-11-21)14-8-4-5-9-15(14)19/h4-5,8-9,16H,6-7,10-13H2,1-3H3,(H,20,22). The summed E-state index contributed by atoms with van der Waals surface area (Å²) < 4.78 is 19.3. The average molecular weight is 322 g/mol. The molecule has 5 heteroatoms. The summed E-state index contributed by atoms with van der Waals surface area (Å²) >= 11 is 0. The lowest BCUT2D eigenvalue weighted by molar-refractivity contribution is -0.132. The van der Waals surface area contributed by atoms with Gasteiger partial charge in [0.15, 0.2) is 0 Å². The Morgan fingerprint density at radius 2 is 2.00 bits per heavy atom. The molecule has 1 unspecified atom stereocenters. The van der Waals surface area contributed by atoms with Gasteiger partial charge >= 0.3 is 0 Å². The van der Waals surface area contributed by atoms with Gasteiger partial charge in [0.25, 0.3) is 0 Å². The van der Waals surface area contributed by atoms with Crippen molar-refractivity contribution in [3.8, 4) is 0 Å². The second-order valence-electron chi connectivity index (χ2n) is 6.81. The summed E-state index contributed by atoms with van der Waals surface area (Å²) in [5.41, 5.74) is 0.0544. The van der Waals surface area contributed by atoms with Crippen LogP contribution in [0.4, 0.5) is 4.39 Å². The van der Waals surface area contributed by atoms with E-state index in [1.54, 1.807) is 13.2 Å². The van der Waals surface area contributed by atoms with Crippen LogP contribution in [0.15, 0.2) is 24.3 Å². The molecule has 0 aliphatic carbocycles. The number of rotatable bonds is 7. The Morgan fingerprint density at radius 3 is 2.61 bits per heavy atom. The number of halogens is 1. The van der Waals surface area contributed by atoms with Gasteiger partial charge in [-0.2, -0.15) is 0 Å². The first kappa shape index (κ1) is 17.9. The van der Waals surface area contributed by atoms with Crippen LogP contribution in [-0.4, -0.2) is 44.2 Å². The fourth-order valence-corrected chi connectivity index (χ4v) is 3.09. The number of carbonyl (C=O) groups excluding carboxylic acids is 1. The maximum atomic E-state index is 14.2. The summed E-state index contributed by atoms with van der Waals surface area (Å²) in [6.45, 7) is 6.34. The predicted octanol–water partition coefficient (Wildman–Crippen LogP) is 2.75. The highest BCUT2D eigenvalue weighted by molar-refractivity contribution is 5.82. The molecule has 1 N–H and O–H groups in total. The SMILES string of the molecule is COCC(C)(C)C(=O)NCC(c1ccccc1F)N1CCCC1.